The number of aromatic amines is 1. The first-order valence-corrected chi connectivity index (χ1v) is 6.21. The van der Waals surface area contributed by atoms with Crippen LogP contribution in [0.1, 0.15) is 25.5 Å². The zero-order valence-corrected chi connectivity index (χ0v) is 9.89. The van der Waals surface area contributed by atoms with Crippen LogP contribution in [0.3, 0.4) is 0 Å². The molecule has 0 bridgehead atoms. The van der Waals surface area contributed by atoms with Crippen molar-refractivity contribution in [2.45, 2.75) is 26.2 Å². The van der Waals surface area contributed by atoms with Crippen molar-refractivity contribution < 1.29 is 0 Å². The highest BCUT2D eigenvalue weighted by atomic mass is 32.2. The number of aromatic nitrogens is 2. The average Bonchev–Trinajstić information content (AvgIpc) is 2.74. The number of hydrogen-bond donors (Lipinski definition) is 2. The van der Waals surface area contributed by atoms with Gasteiger partial charge >= 0.3 is 0 Å². The molecule has 1 heterocycles. The van der Waals surface area contributed by atoms with Gasteiger partial charge in [-0.3, -0.25) is 4.99 Å². The first-order chi connectivity index (χ1) is 7.33. The summed E-state index contributed by atoms with van der Waals surface area (Å²) in [5.74, 6) is 1.05. The van der Waals surface area contributed by atoms with E-state index in [9.17, 15) is 0 Å². The van der Waals surface area contributed by atoms with Gasteiger partial charge in [0.25, 0.3) is 0 Å². The predicted octanol–water partition coefficient (Wildman–Crippen LogP) is 1.80. The third-order valence-corrected chi connectivity index (χ3v) is 2.92. The number of rotatable bonds is 6. The van der Waals surface area contributed by atoms with Gasteiger partial charge in [-0.15, -0.1) is 0 Å². The van der Waals surface area contributed by atoms with Crippen LogP contribution in [0.25, 0.3) is 0 Å². The van der Waals surface area contributed by atoms with Crippen LogP contribution < -0.4 is 5.73 Å². The van der Waals surface area contributed by atoms with Crippen molar-refractivity contribution in [3.8, 4) is 0 Å². The lowest BCUT2D eigenvalue weighted by Crippen LogP contribution is -2.08. The Morgan fingerprint density at radius 3 is 3.20 bits per heavy atom. The fourth-order valence-corrected chi connectivity index (χ4v) is 1.73. The normalized spacial score (nSPS) is 11.9. The molecule has 0 unspecified atom stereocenters. The van der Waals surface area contributed by atoms with Crippen molar-refractivity contribution in [1.82, 2.24) is 9.97 Å². The fraction of sp³-hybridized carbons (Fsp3) is 0.600. The van der Waals surface area contributed by atoms with E-state index < -0.39 is 0 Å². The lowest BCUT2D eigenvalue weighted by molar-refractivity contribution is 0.817. The number of nitrogens with two attached hydrogens (primary N) is 1. The summed E-state index contributed by atoms with van der Waals surface area (Å²) in [4.78, 5) is 11.3. The molecule has 0 aliphatic heterocycles. The summed E-state index contributed by atoms with van der Waals surface area (Å²) in [5, 5.41) is 0.710. The summed E-state index contributed by atoms with van der Waals surface area (Å²) in [6.45, 7) is 2.93. The van der Waals surface area contributed by atoms with E-state index in [1.54, 1.807) is 18.1 Å². The molecule has 3 N–H and O–H groups in total. The molecule has 0 aromatic carbocycles. The Balaban J connectivity index is 2.10. The average molecular weight is 226 g/mol. The summed E-state index contributed by atoms with van der Waals surface area (Å²) in [6, 6.07) is 0. The van der Waals surface area contributed by atoms with E-state index in [0.29, 0.717) is 5.17 Å². The number of hydrogen-bond acceptors (Lipinski definition) is 3. The van der Waals surface area contributed by atoms with E-state index >= 15 is 0 Å². The van der Waals surface area contributed by atoms with Crippen LogP contribution >= 0.6 is 11.8 Å². The van der Waals surface area contributed by atoms with Crippen LogP contribution in [0.5, 0.6) is 0 Å². The zero-order chi connectivity index (χ0) is 10.9. The molecular formula is C10H18N4S. The van der Waals surface area contributed by atoms with Crippen LogP contribution in [0.4, 0.5) is 0 Å². The Hall–Kier alpha value is -0.970. The maximum Gasteiger partial charge on any atom is 0.153 e. The molecule has 1 rings (SSSR count). The highest BCUT2D eigenvalue weighted by Crippen LogP contribution is 2.02. The van der Waals surface area contributed by atoms with Crippen molar-refractivity contribution >= 4 is 16.9 Å². The van der Waals surface area contributed by atoms with Crippen LogP contribution in [-0.4, -0.2) is 27.4 Å². The van der Waals surface area contributed by atoms with Crippen LogP contribution in [0.15, 0.2) is 17.5 Å². The van der Waals surface area contributed by atoms with E-state index in [4.69, 9.17) is 5.73 Å². The smallest absolute Gasteiger partial charge is 0.153 e. The second-order valence-electron chi connectivity index (χ2n) is 3.25. The summed E-state index contributed by atoms with van der Waals surface area (Å²) < 4.78 is 0. The minimum atomic E-state index is 0.710. The van der Waals surface area contributed by atoms with Crippen LogP contribution in [-0.2, 0) is 6.42 Å². The lowest BCUT2D eigenvalue weighted by Gasteiger charge is -1.98. The third-order valence-electron chi connectivity index (χ3n) is 1.88. The molecule has 0 radical (unpaired) electrons. The third kappa shape index (κ3) is 5.47. The molecule has 0 saturated heterocycles. The Kier molecular flexibility index (Phi) is 5.92. The van der Waals surface area contributed by atoms with Crippen molar-refractivity contribution in [2.75, 3.05) is 12.3 Å². The quantitative estimate of drug-likeness (QED) is 0.441. The van der Waals surface area contributed by atoms with Gasteiger partial charge in [-0.2, -0.15) is 0 Å². The molecule has 0 atom stereocenters. The van der Waals surface area contributed by atoms with Crippen LogP contribution in [0.2, 0.25) is 0 Å². The Morgan fingerprint density at radius 2 is 2.53 bits per heavy atom. The monoisotopic (exact) mass is 226 g/mol. The molecule has 1 aromatic heterocycles. The van der Waals surface area contributed by atoms with E-state index in [2.05, 4.69) is 21.9 Å². The van der Waals surface area contributed by atoms with Gasteiger partial charge in [-0.1, -0.05) is 18.7 Å². The van der Waals surface area contributed by atoms with Crippen LogP contribution in [0, 0.1) is 0 Å². The van der Waals surface area contributed by atoms with E-state index in [-0.39, 0.29) is 0 Å². The largest absolute Gasteiger partial charge is 0.379 e. The Labute approximate surface area is 94.8 Å². The van der Waals surface area contributed by atoms with E-state index in [1.807, 2.05) is 6.20 Å². The van der Waals surface area contributed by atoms with Gasteiger partial charge in [-0.05, 0) is 19.3 Å². The van der Waals surface area contributed by atoms with Gasteiger partial charge < -0.3 is 10.7 Å². The molecule has 5 heteroatoms. The van der Waals surface area contributed by atoms with Gasteiger partial charge in [0.2, 0.25) is 0 Å². The van der Waals surface area contributed by atoms with Gasteiger partial charge in [-0.25, -0.2) is 4.98 Å². The van der Waals surface area contributed by atoms with Gasteiger partial charge in [0.1, 0.15) is 0 Å². The number of imidazole rings is 1. The summed E-state index contributed by atoms with van der Waals surface area (Å²) in [5.41, 5.74) is 6.87. The topological polar surface area (TPSA) is 67.1 Å². The first-order valence-electron chi connectivity index (χ1n) is 5.23. The first kappa shape index (κ1) is 12.1. The minimum absolute atomic E-state index is 0.710. The van der Waals surface area contributed by atoms with Crippen molar-refractivity contribution in [3.05, 3.63) is 18.2 Å². The molecule has 0 aliphatic rings. The molecule has 0 spiro atoms. The number of aliphatic imine (C=N–C) groups is 1. The van der Waals surface area contributed by atoms with E-state index in [1.165, 1.54) is 0 Å². The maximum atomic E-state index is 5.71. The zero-order valence-electron chi connectivity index (χ0n) is 9.07. The molecule has 0 amide bonds. The van der Waals surface area contributed by atoms with Crippen molar-refractivity contribution in [1.29, 1.82) is 0 Å². The molecule has 15 heavy (non-hydrogen) atoms. The van der Waals surface area contributed by atoms with Gasteiger partial charge in [0.05, 0.1) is 6.33 Å². The Morgan fingerprint density at radius 1 is 1.67 bits per heavy atom. The molecule has 0 aliphatic carbocycles. The van der Waals surface area contributed by atoms with Gasteiger partial charge in [0.15, 0.2) is 5.17 Å². The minimum Gasteiger partial charge on any atom is -0.379 e. The highest BCUT2D eigenvalue weighted by molar-refractivity contribution is 8.13. The SMILES string of the molecule is CCCSC(N)=NCCCc1cnc[nH]1. The molecule has 1 aromatic rings. The molecule has 0 saturated carbocycles. The highest BCUT2D eigenvalue weighted by Gasteiger charge is 1.94. The maximum absolute atomic E-state index is 5.71. The lowest BCUT2D eigenvalue weighted by atomic mass is 10.2. The second-order valence-corrected chi connectivity index (χ2v) is 4.36. The number of H-pyrrole nitrogens is 1. The number of amidine groups is 1. The van der Waals surface area contributed by atoms with Crippen molar-refractivity contribution in [3.63, 3.8) is 0 Å². The Bertz CT molecular complexity index is 282. The number of aryl methyl sites for hydroxylation is 1. The van der Waals surface area contributed by atoms with E-state index in [0.717, 1.165) is 37.3 Å². The molecule has 0 fully saturated rings. The van der Waals surface area contributed by atoms with Crippen molar-refractivity contribution in [2.24, 2.45) is 10.7 Å². The molecule has 84 valence electrons. The summed E-state index contributed by atoms with van der Waals surface area (Å²) in [6.07, 6.45) is 6.67. The second kappa shape index (κ2) is 7.34. The molecular weight excluding hydrogens is 208 g/mol. The fourth-order valence-electron chi connectivity index (χ4n) is 1.13. The summed E-state index contributed by atoms with van der Waals surface area (Å²) >= 11 is 1.63. The number of thioether (sulfide) groups is 1. The standard InChI is InChI=1S/C10H18N4S/c1-2-6-15-10(11)13-5-3-4-9-7-12-8-14-9/h7-8H,2-6H2,1H3,(H2,11,13)(H,12,14). The molecule has 4 nitrogen and oxygen atoms in total. The predicted molar refractivity (Wildman–Crippen MR) is 66.1 cm³/mol. The number of nitrogens with zero attached hydrogens (tertiary/aromatic N) is 2. The van der Waals surface area contributed by atoms with Gasteiger partial charge in [0, 0.05) is 24.2 Å². The number of nitrogens with one attached hydrogen (secondary N) is 1. The summed E-state index contributed by atoms with van der Waals surface area (Å²) in [7, 11) is 0.